The van der Waals surface area contributed by atoms with Crippen molar-refractivity contribution in [3.8, 4) is 11.5 Å². The molecule has 1 fully saturated rings. The molecule has 3 rings (SSSR count). The number of nitrogens with zero attached hydrogens (tertiary/aromatic N) is 1. The van der Waals surface area contributed by atoms with Crippen LogP contribution in [0.2, 0.25) is 0 Å². The van der Waals surface area contributed by atoms with E-state index in [0.29, 0.717) is 19.3 Å². The van der Waals surface area contributed by atoms with Crippen LogP contribution in [0.1, 0.15) is 39.0 Å². The minimum atomic E-state index is 0.586. The quantitative estimate of drug-likeness (QED) is 0.843. The lowest BCUT2D eigenvalue weighted by Crippen LogP contribution is -2.35. The third-order valence-electron chi connectivity index (χ3n) is 4.35. The van der Waals surface area contributed by atoms with Crippen LogP contribution in [0.25, 0.3) is 0 Å². The molecular weight excluding hydrogens is 252 g/mol. The topological polar surface area (TPSA) is 47.7 Å². The summed E-state index contributed by atoms with van der Waals surface area (Å²) in [7, 11) is 0. The van der Waals surface area contributed by atoms with Crippen molar-refractivity contribution in [2.75, 3.05) is 30.4 Å². The van der Waals surface area contributed by atoms with Gasteiger partial charge in [-0.1, -0.05) is 19.8 Å². The molecule has 0 saturated carbocycles. The summed E-state index contributed by atoms with van der Waals surface area (Å²) < 4.78 is 11.3. The molecule has 0 aromatic heterocycles. The normalized spacial score (nSPS) is 22.4. The van der Waals surface area contributed by atoms with Crippen molar-refractivity contribution in [2.24, 2.45) is 0 Å². The summed E-state index contributed by atoms with van der Waals surface area (Å²) in [6.45, 7) is 4.57. The van der Waals surface area contributed by atoms with Crippen LogP contribution in [0.5, 0.6) is 11.5 Å². The van der Waals surface area contributed by atoms with E-state index in [0.717, 1.165) is 35.8 Å². The minimum absolute atomic E-state index is 0.586. The first kappa shape index (κ1) is 13.4. The highest BCUT2D eigenvalue weighted by molar-refractivity contribution is 5.73. The van der Waals surface area contributed by atoms with E-state index < -0.39 is 0 Å². The molecule has 0 bridgehead atoms. The first-order valence-corrected chi connectivity index (χ1v) is 7.75. The van der Waals surface area contributed by atoms with Crippen molar-refractivity contribution in [1.82, 2.24) is 0 Å². The zero-order valence-electron chi connectivity index (χ0n) is 12.2. The van der Waals surface area contributed by atoms with Gasteiger partial charge in [0.05, 0.1) is 11.4 Å². The summed E-state index contributed by atoms with van der Waals surface area (Å²) >= 11 is 0. The summed E-state index contributed by atoms with van der Waals surface area (Å²) in [5.74, 6) is 1.61. The first-order valence-electron chi connectivity index (χ1n) is 7.75. The fraction of sp³-hybridized carbons (Fsp3) is 0.625. The Morgan fingerprint density at radius 2 is 1.90 bits per heavy atom. The lowest BCUT2D eigenvalue weighted by Gasteiger charge is -2.33. The fourth-order valence-electron chi connectivity index (χ4n) is 3.26. The van der Waals surface area contributed by atoms with E-state index >= 15 is 0 Å². The highest BCUT2D eigenvalue weighted by atomic mass is 16.6. The average Bonchev–Trinajstić information content (AvgIpc) is 2.71. The maximum absolute atomic E-state index is 6.27. The van der Waals surface area contributed by atoms with Crippen LogP contribution >= 0.6 is 0 Å². The number of benzene rings is 1. The highest BCUT2D eigenvalue weighted by Gasteiger charge is 2.24. The Labute approximate surface area is 120 Å². The lowest BCUT2D eigenvalue weighted by molar-refractivity contribution is 0.172. The Bertz CT molecular complexity index is 476. The van der Waals surface area contributed by atoms with E-state index in [1.807, 2.05) is 6.07 Å². The van der Waals surface area contributed by atoms with Gasteiger partial charge in [0.15, 0.2) is 11.5 Å². The molecule has 4 nitrogen and oxygen atoms in total. The third-order valence-corrected chi connectivity index (χ3v) is 4.35. The maximum atomic E-state index is 6.27. The molecule has 110 valence electrons. The molecular formula is C16H24N2O2. The van der Waals surface area contributed by atoms with Gasteiger partial charge in [0.1, 0.15) is 13.2 Å². The standard InChI is InChI=1S/C16H24N2O2/c1-2-12-6-4-3-5-7-18(12)14-11-16-15(10-13(14)17)19-8-9-20-16/h10-12H,2-9,17H2,1H3. The van der Waals surface area contributed by atoms with E-state index in [1.54, 1.807) is 0 Å². The number of nitrogens with two attached hydrogens (primary N) is 1. The summed E-state index contributed by atoms with van der Waals surface area (Å²) in [4.78, 5) is 2.47. The summed E-state index contributed by atoms with van der Waals surface area (Å²) in [6, 6.07) is 4.57. The second-order valence-electron chi connectivity index (χ2n) is 5.66. The van der Waals surface area contributed by atoms with E-state index in [4.69, 9.17) is 15.2 Å². The molecule has 2 N–H and O–H groups in total. The molecule has 20 heavy (non-hydrogen) atoms. The van der Waals surface area contributed by atoms with Gasteiger partial charge in [-0.25, -0.2) is 0 Å². The molecule has 2 aliphatic heterocycles. The van der Waals surface area contributed by atoms with Crippen LogP contribution in [-0.4, -0.2) is 25.8 Å². The van der Waals surface area contributed by atoms with Crippen LogP contribution in [0.15, 0.2) is 12.1 Å². The Morgan fingerprint density at radius 1 is 1.15 bits per heavy atom. The van der Waals surface area contributed by atoms with Crippen molar-refractivity contribution in [3.05, 3.63) is 12.1 Å². The monoisotopic (exact) mass is 276 g/mol. The summed E-state index contributed by atoms with van der Waals surface area (Å²) in [6.07, 6.45) is 6.29. The number of anilines is 2. The van der Waals surface area contributed by atoms with Crippen LogP contribution in [0, 0.1) is 0 Å². The Morgan fingerprint density at radius 3 is 2.65 bits per heavy atom. The lowest BCUT2D eigenvalue weighted by atomic mass is 10.1. The van der Waals surface area contributed by atoms with E-state index in [2.05, 4.69) is 17.9 Å². The Kier molecular flexibility index (Phi) is 3.90. The average molecular weight is 276 g/mol. The molecule has 1 unspecified atom stereocenters. The first-order chi connectivity index (χ1) is 9.79. The smallest absolute Gasteiger partial charge is 0.163 e. The van der Waals surface area contributed by atoms with Crippen LogP contribution < -0.4 is 20.1 Å². The molecule has 4 heteroatoms. The van der Waals surface area contributed by atoms with Crippen LogP contribution in [0.4, 0.5) is 11.4 Å². The van der Waals surface area contributed by atoms with Crippen LogP contribution in [-0.2, 0) is 0 Å². The van der Waals surface area contributed by atoms with Crippen LogP contribution in [0.3, 0.4) is 0 Å². The number of hydrogen-bond donors (Lipinski definition) is 1. The van der Waals surface area contributed by atoms with E-state index in [9.17, 15) is 0 Å². The second-order valence-corrected chi connectivity index (χ2v) is 5.66. The minimum Gasteiger partial charge on any atom is -0.486 e. The molecule has 2 heterocycles. The Hall–Kier alpha value is -1.58. The summed E-state index contributed by atoms with van der Waals surface area (Å²) in [5.41, 5.74) is 8.18. The number of ether oxygens (including phenoxy) is 2. The van der Waals surface area contributed by atoms with Crippen molar-refractivity contribution in [3.63, 3.8) is 0 Å². The fourth-order valence-corrected chi connectivity index (χ4v) is 3.26. The molecule has 1 atom stereocenters. The third kappa shape index (κ3) is 2.51. The number of rotatable bonds is 2. The SMILES string of the molecule is CCC1CCCCCN1c1cc2c(cc1N)OCCO2. The van der Waals surface area contributed by atoms with E-state index in [1.165, 1.54) is 25.7 Å². The molecule has 2 aliphatic rings. The van der Waals surface area contributed by atoms with Gasteiger partial charge in [-0.2, -0.15) is 0 Å². The van der Waals surface area contributed by atoms with Gasteiger partial charge in [0, 0.05) is 24.7 Å². The van der Waals surface area contributed by atoms with Gasteiger partial charge in [0.2, 0.25) is 0 Å². The molecule has 0 radical (unpaired) electrons. The van der Waals surface area contributed by atoms with Gasteiger partial charge in [-0.3, -0.25) is 0 Å². The van der Waals surface area contributed by atoms with E-state index in [-0.39, 0.29) is 0 Å². The zero-order valence-corrected chi connectivity index (χ0v) is 12.2. The molecule has 1 aromatic rings. The highest BCUT2D eigenvalue weighted by Crippen LogP contribution is 2.40. The summed E-state index contributed by atoms with van der Waals surface area (Å²) in [5, 5.41) is 0. The second kappa shape index (κ2) is 5.81. The van der Waals surface area contributed by atoms with Crippen molar-refractivity contribution < 1.29 is 9.47 Å². The number of hydrogen-bond acceptors (Lipinski definition) is 4. The Balaban J connectivity index is 1.94. The largest absolute Gasteiger partial charge is 0.486 e. The van der Waals surface area contributed by atoms with Crippen molar-refractivity contribution >= 4 is 11.4 Å². The zero-order chi connectivity index (χ0) is 13.9. The van der Waals surface area contributed by atoms with Gasteiger partial charge in [0.25, 0.3) is 0 Å². The predicted molar refractivity (Wildman–Crippen MR) is 81.7 cm³/mol. The van der Waals surface area contributed by atoms with Gasteiger partial charge in [-0.05, 0) is 19.3 Å². The molecule has 0 spiro atoms. The van der Waals surface area contributed by atoms with Gasteiger partial charge < -0.3 is 20.1 Å². The predicted octanol–water partition coefficient (Wildman–Crippen LogP) is 3.20. The maximum Gasteiger partial charge on any atom is 0.163 e. The molecule has 1 saturated heterocycles. The molecule has 1 aromatic carbocycles. The molecule has 0 aliphatic carbocycles. The van der Waals surface area contributed by atoms with Crippen molar-refractivity contribution in [1.29, 1.82) is 0 Å². The van der Waals surface area contributed by atoms with Gasteiger partial charge in [-0.15, -0.1) is 0 Å². The number of fused-ring (bicyclic) bond motifs is 1. The molecule has 0 amide bonds. The van der Waals surface area contributed by atoms with Crippen molar-refractivity contribution in [2.45, 2.75) is 45.1 Å². The number of nitrogen functional groups attached to an aromatic ring is 1. The van der Waals surface area contributed by atoms with Gasteiger partial charge >= 0.3 is 0 Å².